The summed E-state index contributed by atoms with van der Waals surface area (Å²) in [7, 11) is -3.09. The van der Waals surface area contributed by atoms with Gasteiger partial charge < -0.3 is 9.80 Å². The molecule has 0 saturated carbocycles. The fourth-order valence-corrected chi connectivity index (χ4v) is 5.53. The quantitative estimate of drug-likeness (QED) is 0.633. The van der Waals surface area contributed by atoms with E-state index in [1.165, 1.54) is 6.20 Å². The summed E-state index contributed by atoms with van der Waals surface area (Å²) in [6, 6.07) is 6.92. The number of sulfone groups is 1. The first-order valence-corrected chi connectivity index (χ1v) is 12.1. The third kappa shape index (κ3) is 5.38. The first kappa shape index (κ1) is 21.8. The van der Waals surface area contributed by atoms with Crippen molar-refractivity contribution in [2.24, 2.45) is 0 Å². The number of likely N-dealkylation sites (N-methyl/N-ethyl adjacent to an activating group) is 1. The number of carbonyl (C=O) groups is 1. The summed E-state index contributed by atoms with van der Waals surface area (Å²) in [5.74, 6) is -0.0268. The minimum atomic E-state index is -3.09. The maximum Gasteiger partial charge on any atom is 0.257 e. The second-order valence-electron chi connectivity index (χ2n) is 7.24. The van der Waals surface area contributed by atoms with E-state index >= 15 is 0 Å². The molecule has 0 spiro atoms. The highest BCUT2D eigenvalue weighted by molar-refractivity contribution is 7.91. The monoisotopic (exact) mass is 438 g/mol. The zero-order valence-electron chi connectivity index (χ0n) is 16.8. The molecule has 0 radical (unpaired) electrons. The molecule has 1 amide bonds. The molecule has 1 aromatic heterocycles. The van der Waals surface area contributed by atoms with Crippen LogP contribution in [0.1, 0.15) is 30.6 Å². The van der Waals surface area contributed by atoms with Crippen LogP contribution in [0.25, 0.3) is 5.69 Å². The van der Waals surface area contributed by atoms with Gasteiger partial charge >= 0.3 is 0 Å². The van der Waals surface area contributed by atoms with Crippen LogP contribution in [0.15, 0.2) is 36.7 Å². The molecule has 0 N–H and O–H groups in total. The molecular weight excluding hydrogens is 412 g/mol. The van der Waals surface area contributed by atoms with Crippen molar-refractivity contribution in [3.63, 3.8) is 0 Å². The van der Waals surface area contributed by atoms with Crippen molar-refractivity contribution in [2.75, 3.05) is 37.7 Å². The normalized spacial score (nSPS) is 18.3. The highest BCUT2D eigenvalue weighted by atomic mass is 35.5. The van der Waals surface area contributed by atoms with Gasteiger partial charge in [-0.25, -0.2) is 13.1 Å². The molecule has 29 heavy (non-hydrogen) atoms. The summed E-state index contributed by atoms with van der Waals surface area (Å²) in [5.41, 5.74) is 1.20. The molecule has 1 atom stereocenters. The van der Waals surface area contributed by atoms with E-state index in [-0.39, 0.29) is 23.5 Å². The summed E-state index contributed by atoms with van der Waals surface area (Å²) >= 11 is 6.05. The lowest BCUT2D eigenvalue weighted by Crippen LogP contribution is -2.45. The molecule has 158 valence electrons. The third-order valence-electron chi connectivity index (χ3n) is 5.36. The number of aromatic nitrogens is 2. The molecule has 1 aliphatic heterocycles. The Morgan fingerprint density at radius 1 is 1.28 bits per heavy atom. The predicted octanol–water partition coefficient (Wildman–Crippen LogP) is 2.50. The number of benzene rings is 1. The van der Waals surface area contributed by atoms with E-state index in [2.05, 4.69) is 23.8 Å². The van der Waals surface area contributed by atoms with E-state index in [1.54, 1.807) is 27.9 Å². The van der Waals surface area contributed by atoms with Crippen LogP contribution in [-0.2, 0) is 9.84 Å². The fraction of sp³-hybridized carbons (Fsp3) is 0.500. The van der Waals surface area contributed by atoms with E-state index in [1.807, 2.05) is 12.1 Å². The van der Waals surface area contributed by atoms with Gasteiger partial charge in [0.25, 0.3) is 5.91 Å². The van der Waals surface area contributed by atoms with Gasteiger partial charge in [-0.05, 0) is 37.7 Å². The number of carbonyl (C=O) groups excluding carboxylic acids is 1. The number of hydrogen-bond donors (Lipinski definition) is 0. The maximum absolute atomic E-state index is 13.3. The van der Waals surface area contributed by atoms with Crippen molar-refractivity contribution < 1.29 is 13.2 Å². The molecule has 0 aliphatic carbocycles. The standard InChI is InChI=1S/C20H27ClN4O3S/c1-3-23(4-2)9-10-24(19-8-11-29(27,28)15-19)20(26)16-13-22-25(14-16)18-7-5-6-17(21)12-18/h5-7,12-14,19H,3-4,8-11,15H2,1-2H3. The Bertz CT molecular complexity index is 956. The topological polar surface area (TPSA) is 75.5 Å². The Hall–Kier alpha value is -1.90. The average Bonchev–Trinajstić information content (AvgIpc) is 3.32. The van der Waals surface area contributed by atoms with Crippen LogP contribution in [0, 0.1) is 0 Å². The molecular formula is C20H27ClN4O3S. The first-order chi connectivity index (χ1) is 13.8. The molecule has 3 rings (SSSR count). The summed E-state index contributed by atoms with van der Waals surface area (Å²) in [5, 5.41) is 4.88. The van der Waals surface area contributed by atoms with Gasteiger partial charge in [0, 0.05) is 30.4 Å². The van der Waals surface area contributed by atoms with Crippen LogP contribution in [0.2, 0.25) is 5.02 Å². The van der Waals surface area contributed by atoms with E-state index in [0.29, 0.717) is 30.1 Å². The van der Waals surface area contributed by atoms with E-state index in [4.69, 9.17) is 11.6 Å². The number of nitrogens with zero attached hydrogens (tertiary/aromatic N) is 4. The largest absolute Gasteiger partial charge is 0.333 e. The van der Waals surface area contributed by atoms with Gasteiger partial charge in [-0.15, -0.1) is 0 Å². The van der Waals surface area contributed by atoms with Gasteiger partial charge in [-0.2, -0.15) is 5.10 Å². The van der Waals surface area contributed by atoms with Gasteiger partial charge in [-0.3, -0.25) is 4.79 Å². The van der Waals surface area contributed by atoms with Crippen LogP contribution in [-0.4, -0.2) is 77.6 Å². The second-order valence-corrected chi connectivity index (χ2v) is 9.90. The molecule has 2 heterocycles. The second kappa shape index (κ2) is 9.28. The van der Waals surface area contributed by atoms with Crippen LogP contribution in [0.5, 0.6) is 0 Å². The van der Waals surface area contributed by atoms with Crippen molar-refractivity contribution in [3.8, 4) is 5.69 Å². The van der Waals surface area contributed by atoms with Crippen molar-refractivity contribution in [1.29, 1.82) is 0 Å². The molecule has 1 aliphatic rings. The molecule has 7 nitrogen and oxygen atoms in total. The molecule has 9 heteroatoms. The molecule has 1 fully saturated rings. The Morgan fingerprint density at radius 3 is 2.66 bits per heavy atom. The van der Waals surface area contributed by atoms with Crippen molar-refractivity contribution >= 4 is 27.3 Å². The van der Waals surface area contributed by atoms with E-state index < -0.39 is 9.84 Å². The smallest absolute Gasteiger partial charge is 0.257 e. The Morgan fingerprint density at radius 2 is 2.03 bits per heavy atom. The van der Waals surface area contributed by atoms with Crippen LogP contribution >= 0.6 is 11.6 Å². The predicted molar refractivity (Wildman–Crippen MR) is 114 cm³/mol. The third-order valence-corrected chi connectivity index (χ3v) is 7.35. The van der Waals surface area contributed by atoms with Gasteiger partial charge in [0.15, 0.2) is 9.84 Å². The lowest BCUT2D eigenvalue weighted by Gasteiger charge is -2.30. The highest BCUT2D eigenvalue weighted by Crippen LogP contribution is 2.21. The molecule has 1 unspecified atom stereocenters. The van der Waals surface area contributed by atoms with Crippen molar-refractivity contribution in [3.05, 3.63) is 47.2 Å². The van der Waals surface area contributed by atoms with E-state index in [9.17, 15) is 13.2 Å². The maximum atomic E-state index is 13.3. The Labute approximate surface area is 177 Å². The fourth-order valence-electron chi connectivity index (χ4n) is 3.62. The summed E-state index contributed by atoms with van der Waals surface area (Å²) in [6.45, 7) is 7.11. The van der Waals surface area contributed by atoms with Crippen LogP contribution in [0.4, 0.5) is 0 Å². The zero-order valence-corrected chi connectivity index (χ0v) is 18.4. The van der Waals surface area contributed by atoms with Gasteiger partial charge in [0.2, 0.25) is 0 Å². The summed E-state index contributed by atoms with van der Waals surface area (Å²) in [4.78, 5) is 17.2. The number of hydrogen-bond acceptors (Lipinski definition) is 5. The van der Waals surface area contributed by atoms with Crippen molar-refractivity contribution in [1.82, 2.24) is 19.6 Å². The number of rotatable bonds is 8. The lowest BCUT2D eigenvalue weighted by molar-refractivity contribution is 0.0674. The molecule has 1 saturated heterocycles. The van der Waals surface area contributed by atoms with Crippen molar-refractivity contribution in [2.45, 2.75) is 26.3 Å². The zero-order chi connectivity index (χ0) is 21.0. The minimum Gasteiger partial charge on any atom is -0.333 e. The molecule has 0 bridgehead atoms. The summed E-state index contributed by atoms with van der Waals surface area (Å²) in [6.07, 6.45) is 3.67. The SMILES string of the molecule is CCN(CC)CCN(C(=O)c1cnn(-c2cccc(Cl)c2)c1)C1CCS(=O)(=O)C1. The lowest BCUT2D eigenvalue weighted by atomic mass is 10.2. The Kier molecular flexibility index (Phi) is 6.97. The average molecular weight is 439 g/mol. The number of halogens is 1. The van der Waals surface area contributed by atoms with Crippen LogP contribution < -0.4 is 0 Å². The van der Waals surface area contributed by atoms with E-state index in [0.717, 1.165) is 18.8 Å². The van der Waals surface area contributed by atoms with Gasteiger partial charge in [0.1, 0.15) is 0 Å². The van der Waals surface area contributed by atoms with Gasteiger partial charge in [0.05, 0.1) is 29.0 Å². The number of amides is 1. The van der Waals surface area contributed by atoms with Crippen LogP contribution in [0.3, 0.4) is 0 Å². The molecule has 1 aromatic carbocycles. The highest BCUT2D eigenvalue weighted by Gasteiger charge is 2.35. The first-order valence-electron chi connectivity index (χ1n) is 9.87. The minimum absolute atomic E-state index is 0.0272. The molecule has 2 aromatic rings. The Balaban J connectivity index is 1.82. The van der Waals surface area contributed by atoms with Gasteiger partial charge in [-0.1, -0.05) is 31.5 Å². The summed E-state index contributed by atoms with van der Waals surface area (Å²) < 4.78 is 25.6.